The summed E-state index contributed by atoms with van der Waals surface area (Å²) in [5, 5.41) is 11.0. The Hall–Kier alpha value is -3.07. The van der Waals surface area contributed by atoms with E-state index in [1.807, 2.05) is 13.0 Å². The lowest BCUT2D eigenvalue weighted by atomic mass is 10.0. The van der Waals surface area contributed by atoms with Gasteiger partial charge in [0.05, 0.1) is 6.54 Å². The minimum Gasteiger partial charge on any atom is -0.491 e. The summed E-state index contributed by atoms with van der Waals surface area (Å²) >= 11 is 0. The van der Waals surface area contributed by atoms with Crippen molar-refractivity contribution < 1.29 is 9.84 Å². The lowest BCUT2D eigenvalue weighted by molar-refractivity contribution is 0.0929. The second kappa shape index (κ2) is 9.66. The summed E-state index contributed by atoms with van der Waals surface area (Å²) in [6.07, 6.45) is 2.36. The van der Waals surface area contributed by atoms with Crippen LogP contribution in [0.4, 0.5) is 5.95 Å². The van der Waals surface area contributed by atoms with E-state index in [9.17, 15) is 14.7 Å². The number of piperidine rings is 1. The van der Waals surface area contributed by atoms with Gasteiger partial charge in [0.1, 0.15) is 18.5 Å². The standard InChI is InChI=1S/C25H35N5O4/c1-16(2)19-10-9-17(3)13-20(19)34-15-18(31)14-30-21-22(27(4)25(33)28(5)23(21)32)26-24(30)29-11-7-6-8-12-29/h9-10,13,16,18,31H,6-8,11-12,14-15H2,1-5H3/t18-/m0/s1. The van der Waals surface area contributed by atoms with Gasteiger partial charge in [-0.3, -0.25) is 13.9 Å². The van der Waals surface area contributed by atoms with Crippen LogP contribution in [0.15, 0.2) is 27.8 Å². The van der Waals surface area contributed by atoms with Crippen LogP contribution in [0, 0.1) is 6.92 Å². The maximum absolute atomic E-state index is 13.1. The molecule has 184 valence electrons. The maximum Gasteiger partial charge on any atom is 0.332 e. The Labute approximate surface area is 199 Å². The van der Waals surface area contributed by atoms with Crippen molar-refractivity contribution in [1.82, 2.24) is 18.7 Å². The van der Waals surface area contributed by atoms with Gasteiger partial charge in [-0.2, -0.15) is 4.98 Å². The first-order chi connectivity index (χ1) is 16.2. The largest absolute Gasteiger partial charge is 0.491 e. The van der Waals surface area contributed by atoms with Crippen LogP contribution in [0.1, 0.15) is 50.2 Å². The van der Waals surface area contributed by atoms with Crippen LogP contribution >= 0.6 is 0 Å². The first-order valence-electron chi connectivity index (χ1n) is 12.0. The summed E-state index contributed by atoms with van der Waals surface area (Å²) in [6.45, 7) is 8.09. The van der Waals surface area contributed by atoms with Crippen LogP contribution in [0.2, 0.25) is 0 Å². The SMILES string of the molecule is Cc1ccc(C(C)C)c(OC[C@@H](O)Cn2c(N3CCCCC3)nc3c2c(=O)n(C)c(=O)n3C)c1. The molecule has 0 saturated carbocycles. The first-order valence-corrected chi connectivity index (χ1v) is 12.0. The molecule has 0 spiro atoms. The van der Waals surface area contributed by atoms with Crippen molar-refractivity contribution >= 4 is 17.1 Å². The summed E-state index contributed by atoms with van der Waals surface area (Å²) in [5.74, 6) is 1.67. The molecule has 1 fully saturated rings. The van der Waals surface area contributed by atoms with Gasteiger partial charge in [-0.1, -0.05) is 26.0 Å². The molecule has 9 nitrogen and oxygen atoms in total. The van der Waals surface area contributed by atoms with E-state index < -0.39 is 17.4 Å². The van der Waals surface area contributed by atoms with Gasteiger partial charge in [-0.25, -0.2) is 4.79 Å². The topological polar surface area (TPSA) is 94.5 Å². The van der Waals surface area contributed by atoms with E-state index in [1.54, 1.807) is 11.6 Å². The molecule has 0 amide bonds. The minimum absolute atomic E-state index is 0.0777. The molecule has 0 aliphatic carbocycles. The zero-order chi connectivity index (χ0) is 24.6. The second-order valence-corrected chi connectivity index (χ2v) is 9.61. The highest BCUT2D eigenvalue weighted by Crippen LogP contribution is 2.28. The molecule has 34 heavy (non-hydrogen) atoms. The number of aromatic nitrogens is 4. The van der Waals surface area contributed by atoms with Gasteiger partial charge in [0, 0.05) is 27.2 Å². The fourth-order valence-corrected chi connectivity index (χ4v) is 4.64. The van der Waals surface area contributed by atoms with Crippen molar-refractivity contribution in [2.75, 3.05) is 24.6 Å². The molecule has 1 aliphatic heterocycles. The van der Waals surface area contributed by atoms with Gasteiger partial charge in [0.25, 0.3) is 5.56 Å². The molecule has 1 saturated heterocycles. The number of aliphatic hydroxyl groups is 1. The number of benzene rings is 1. The molecule has 1 aromatic carbocycles. The third-order valence-electron chi connectivity index (χ3n) is 6.58. The number of ether oxygens (including phenoxy) is 1. The summed E-state index contributed by atoms with van der Waals surface area (Å²) in [4.78, 5) is 32.4. The number of aryl methyl sites for hydroxylation is 2. The molecule has 0 unspecified atom stereocenters. The smallest absolute Gasteiger partial charge is 0.332 e. The Bertz CT molecular complexity index is 1300. The van der Waals surface area contributed by atoms with E-state index in [2.05, 4.69) is 30.9 Å². The molecule has 0 bridgehead atoms. The van der Waals surface area contributed by atoms with Gasteiger partial charge >= 0.3 is 5.69 Å². The number of fused-ring (bicyclic) bond motifs is 1. The van der Waals surface area contributed by atoms with Crippen molar-refractivity contribution in [2.24, 2.45) is 14.1 Å². The normalized spacial score (nSPS) is 15.3. The number of hydrogen-bond donors (Lipinski definition) is 1. The van der Waals surface area contributed by atoms with E-state index in [0.29, 0.717) is 23.0 Å². The number of hydrogen-bond acceptors (Lipinski definition) is 6. The monoisotopic (exact) mass is 469 g/mol. The lowest BCUT2D eigenvalue weighted by Gasteiger charge is -2.28. The highest BCUT2D eigenvalue weighted by Gasteiger charge is 2.25. The molecule has 9 heteroatoms. The third-order valence-corrected chi connectivity index (χ3v) is 6.58. The molecule has 4 rings (SSSR count). The molecule has 1 N–H and O–H groups in total. The summed E-state index contributed by atoms with van der Waals surface area (Å²) in [6, 6.07) is 6.10. The number of aliphatic hydroxyl groups excluding tert-OH is 1. The van der Waals surface area contributed by atoms with Crippen molar-refractivity contribution in [3.8, 4) is 5.75 Å². The fourth-order valence-electron chi connectivity index (χ4n) is 4.64. The minimum atomic E-state index is -0.872. The predicted molar refractivity (Wildman–Crippen MR) is 133 cm³/mol. The van der Waals surface area contributed by atoms with Crippen LogP contribution in [0.5, 0.6) is 5.75 Å². The van der Waals surface area contributed by atoms with Crippen LogP contribution < -0.4 is 20.9 Å². The fraction of sp³-hybridized carbons (Fsp3) is 0.560. The molecule has 3 heterocycles. The van der Waals surface area contributed by atoms with E-state index in [1.165, 1.54) is 11.6 Å². The van der Waals surface area contributed by atoms with Gasteiger partial charge in [0.15, 0.2) is 11.2 Å². The van der Waals surface area contributed by atoms with E-state index in [4.69, 9.17) is 9.72 Å². The Morgan fingerprint density at radius 1 is 1.09 bits per heavy atom. The number of anilines is 1. The lowest BCUT2D eigenvalue weighted by Crippen LogP contribution is -2.38. The average molecular weight is 470 g/mol. The first kappa shape index (κ1) is 24.1. The predicted octanol–water partition coefficient (Wildman–Crippen LogP) is 2.30. The Morgan fingerprint density at radius 2 is 1.79 bits per heavy atom. The third kappa shape index (κ3) is 4.49. The molecule has 1 atom stereocenters. The summed E-state index contributed by atoms with van der Waals surface area (Å²) in [5.41, 5.74) is 2.00. The zero-order valence-electron chi connectivity index (χ0n) is 20.7. The molecule has 1 aliphatic rings. The van der Waals surface area contributed by atoms with Crippen molar-refractivity contribution in [1.29, 1.82) is 0 Å². The molecule has 3 aromatic rings. The number of imidazole rings is 1. The average Bonchev–Trinajstić information content (AvgIpc) is 3.19. The number of nitrogens with zero attached hydrogens (tertiary/aromatic N) is 5. The van der Waals surface area contributed by atoms with Crippen LogP contribution in [-0.2, 0) is 20.6 Å². The maximum atomic E-state index is 13.1. The Morgan fingerprint density at radius 3 is 2.47 bits per heavy atom. The van der Waals surface area contributed by atoms with Crippen molar-refractivity contribution in [3.05, 3.63) is 50.2 Å². The van der Waals surface area contributed by atoms with Crippen LogP contribution in [0.3, 0.4) is 0 Å². The molecular formula is C25H35N5O4. The van der Waals surface area contributed by atoms with Gasteiger partial charge in [-0.15, -0.1) is 0 Å². The van der Waals surface area contributed by atoms with E-state index in [-0.39, 0.29) is 13.2 Å². The molecule has 2 aromatic heterocycles. The Kier molecular flexibility index (Phi) is 6.84. The van der Waals surface area contributed by atoms with Crippen LogP contribution in [-0.4, -0.2) is 49.6 Å². The van der Waals surface area contributed by atoms with Crippen molar-refractivity contribution in [2.45, 2.75) is 58.6 Å². The zero-order valence-corrected chi connectivity index (χ0v) is 20.7. The second-order valence-electron chi connectivity index (χ2n) is 9.61. The van der Waals surface area contributed by atoms with Gasteiger partial charge < -0.3 is 19.3 Å². The van der Waals surface area contributed by atoms with E-state index >= 15 is 0 Å². The number of rotatable bonds is 7. The Balaban J connectivity index is 1.69. The molecule has 0 radical (unpaired) electrons. The highest BCUT2D eigenvalue weighted by molar-refractivity contribution is 5.74. The summed E-state index contributed by atoms with van der Waals surface area (Å²) < 4.78 is 10.3. The quantitative estimate of drug-likeness (QED) is 0.571. The van der Waals surface area contributed by atoms with Crippen LogP contribution in [0.25, 0.3) is 11.2 Å². The van der Waals surface area contributed by atoms with Crippen molar-refractivity contribution in [3.63, 3.8) is 0 Å². The van der Waals surface area contributed by atoms with E-state index in [0.717, 1.165) is 53.8 Å². The van der Waals surface area contributed by atoms with Gasteiger partial charge in [0.2, 0.25) is 5.95 Å². The molecular weight excluding hydrogens is 434 g/mol. The summed E-state index contributed by atoms with van der Waals surface area (Å²) in [7, 11) is 3.08. The highest BCUT2D eigenvalue weighted by atomic mass is 16.5. The van der Waals surface area contributed by atoms with Gasteiger partial charge in [-0.05, 0) is 49.3 Å².